The molecular formula is C31H24N8. The fraction of sp³-hybridized carbons (Fsp3) is 0.0645. The van der Waals surface area contributed by atoms with E-state index in [-0.39, 0.29) is 0 Å². The van der Waals surface area contributed by atoms with E-state index in [1.165, 1.54) is 5.56 Å². The minimum atomic E-state index is 0.719. The van der Waals surface area contributed by atoms with E-state index in [2.05, 4.69) is 82.9 Å². The number of rotatable bonds is 7. The average Bonchev–Trinajstić information content (AvgIpc) is 3.62. The molecule has 0 aliphatic carbocycles. The van der Waals surface area contributed by atoms with Gasteiger partial charge in [-0.2, -0.15) is 5.10 Å². The molecule has 0 fully saturated rings. The van der Waals surface area contributed by atoms with Crippen LogP contribution in [0.25, 0.3) is 55.7 Å². The molecule has 0 amide bonds. The number of hydrogen-bond donors (Lipinski definition) is 3. The van der Waals surface area contributed by atoms with Crippen molar-refractivity contribution in [1.82, 2.24) is 40.4 Å². The smallest absolute Gasteiger partial charge is 0.116 e. The van der Waals surface area contributed by atoms with Gasteiger partial charge in [0.1, 0.15) is 5.69 Å². The van der Waals surface area contributed by atoms with E-state index < -0.39 is 0 Å². The highest BCUT2D eigenvalue weighted by molar-refractivity contribution is 6.00. The van der Waals surface area contributed by atoms with Crippen molar-refractivity contribution >= 4 is 21.8 Å². The van der Waals surface area contributed by atoms with Gasteiger partial charge in [-0.1, -0.05) is 36.4 Å². The van der Waals surface area contributed by atoms with Gasteiger partial charge in [0.25, 0.3) is 0 Å². The summed E-state index contributed by atoms with van der Waals surface area (Å²) in [6, 6.07) is 22.6. The summed E-state index contributed by atoms with van der Waals surface area (Å²) in [6.45, 7) is 1.52. The molecule has 0 unspecified atom stereocenters. The quantitative estimate of drug-likeness (QED) is 0.247. The Bertz CT molecular complexity index is 1890. The minimum Gasteiger partial charge on any atom is -0.352 e. The number of aromatic amines is 2. The van der Waals surface area contributed by atoms with Gasteiger partial charge >= 0.3 is 0 Å². The highest BCUT2D eigenvalue weighted by Crippen LogP contribution is 2.33. The van der Waals surface area contributed by atoms with Crippen molar-refractivity contribution in [2.75, 3.05) is 0 Å². The van der Waals surface area contributed by atoms with Crippen LogP contribution in [0.2, 0.25) is 0 Å². The summed E-state index contributed by atoms with van der Waals surface area (Å²) in [7, 11) is 0. The molecular weight excluding hydrogens is 484 g/mol. The van der Waals surface area contributed by atoms with Crippen molar-refractivity contribution in [3.05, 3.63) is 115 Å². The van der Waals surface area contributed by atoms with Crippen molar-refractivity contribution in [3.8, 4) is 33.9 Å². The summed E-state index contributed by atoms with van der Waals surface area (Å²) < 4.78 is 0. The zero-order valence-electron chi connectivity index (χ0n) is 21.0. The van der Waals surface area contributed by atoms with E-state index in [1.807, 2.05) is 55.2 Å². The van der Waals surface area contributed by atoms with Crippen LogP contribution < -0.4 is 5.32 Å². The normalized spacial score (nSPS) is 11.4. The summed E-state index contributed by atoms with van der Waals surface area (Å²) >= 11 is 0. The molecule has 6 aromatic heterocycles. The molecule has 0 spiro atoms. The lowest BCUT2D eigenvalue weighted by Gasteiger charge is -2.07. The van der Waals surface area contributed by atoms with E-state index in [0.29, 0.717) is 0 Å². The lowest BCUT2D eigenvalue weighted by Crippen LogP contribution is -2.12. The molecule has 188 valence electrons. The summed E-state index contributed by atoms with van der Waals surface area (Å²) in [5.74, 6) is 0. The Balaban J connectivity index is 1.20. The fourth-order valence-electron chi connectivity index (χ4n) is 4.86. The van der Waals surface area contributed by atoms with Gasteiger partial charge < -0.3 is 10.3 Å². The predicted molar refractivity (Wildman–Crippen MR) is 152 cm³/mol. The summed E-state index contributed by atoms with van der Waals surface area (Å²) in [5, 5.41) is 13.3. The summed E-state index contributed by atoms with van der Waals surface area (Å²) in [6.07, 6.45) is 11.0. The van der Waals surface area contributed by atoms with Gasteiger partial charge in [-0.15, -0.1) is 0 Å². The highest BCUT2D eigenvalue weighted by atomic mass is 15.1. The van der Waals surface area contributed by atoms with Crippen LogP contribution in [0, 0.1) is 0 Å². The van der Waals surface area contributed by atoms with E-state index in [1.54, 1.807) is 6.20 Å². The molecule has 39 heavy (non-hydrogen) atoms. The highest BCUT2D eigenvalue weighted by Gasteiger charge is 2.15. The van der Waals surface area contributed by atoms with Gasteiger partial charge in [0.2, 0.25) is 0 Å². The molecule has 0 atom stereocenters. The zero-order chi connectivity index (χ0) is 26.0. The molecule has 0 saturated carbocycles. The molecule has 1 aromatic carbocycles. The Hall–Kier alpha value is -5.21. The summed E-state index contributed by atoms with van der Waals surface area (Å²) in [4.78, 5) is 21.6. The Labute approximate surface area is 224 Å². The van der Waals surface area contributed by atoms with Crippen LogP contribution >= 0.6 is 0 Å². The maximum Gasteiger partial charge on any atom is 0.116 e. The van der Waals surface area contributed by atoms with Crippen molar-refractivity contribution in [1.29, 1.82) is 0 Å². The minimum absolute atomic E-state index is 0.719. The fourth-order valence-corrected chi connectivity index (χ4v) is 4.86. The molecule has 7 rings (SSSR count). The van der Waals surface area contributed by atoms with Crippen LogP contribution in [0.15, 0.2) is 104 Å². The van der Waals surface area contributed by atoms with E-state index in [0.717, 1.165) is 74.4 Å². The number of pyridine rings is 4. The largest absolute Gasteiger partial charge is 0.352 e. The second-order valence-electron chi connectivity index (χ2n) is 9.40. The number of nitrogens with one attached hydrogen (secondary N) is 3. The molecule has 0 bridgehead atoms. The maximum absolute atomic E-state index is 4.69. The standard InChI is InChI=1S/C31H24N8/c1-2-6-20(7-3-1)13-32-14-21-10-22(16-33-15-21)27-12-24-30(19-36-27)38-39-31(24)28-11-23-25(17-34-18-29(23)37-28)26-8-4-5-9-35-26/h1-12,15-19,32,37H,13-14H2,(H,38,39). The van der Waals surface area contributed by atoms with E-state index >= 15 is 0 Å². The van der Waals surface area contributed by atoms with Crippen LogP contribution in [0.1, 0.15) is 11.1 Å². The molecule has 6 heterocycles. The third kappa shape index (κ3) is 4.54. The van der Waals surface area contributed by atoms with Gasteiger partial charge in [0, 0.05) is 59.8 Å². The summed E-state index contributed by atoms with van der Waals surface area (Å²) in [5.41, 5.74) is 9.52. The Kier molecular flexibility index (Phi) is 5.84. The van der Waals surface area contributed by atoms with E-state index in [4.69, 9.17) is 0 Å². The first-order valence-corrected chi connectivity index (χ1v) is 12.7. The molecule has 8 heteroatoms. The third-order valence-electron chi connectivity index (χ3n) is 6.78. The SMILES string of the molecule is c1ccc(CNCc2cncc(-c3cc4c(-c5cc6c(-c7ccccn7)cncc6[nH]5)n[nH]c4cn3)c2)cc1. The molecule has 7 aromatic rings. The topological polar surface area (TPSA) is 108 Å². The number of aromatic nitrogens is 7. The number of hydrogen-bond acceptors (Lipinski definition) is 6. The van der Waals surface area contributed by atoms with Gasteiger partial charge in [0.05, 0.1) is 40.5 Å². The van der Waals surface area contributed by atoms with Gasteiger partial charge in [-0.25, -0.2) is 0 Å². The van der Waals surface area contributed by atoms with E-state index in [9.17, 15) is 0 Å². The van der Waals surface area contributed by atoms with Crippen molar-refractivity contribution in [2.24, 2.45) is 0 Å². The number of benzene rings is 1. The van der Waals surface area contributed by atoms with Gasteiger partial charge in [-0.05, 0) is 41.5 Å². The second kappa shape index (κ2) is 9.92. The Morgan fingerprint density at radius 2 is 1.54 bits per heavy atom. The van der Waals surface area contributed by atoms with Gasteiger partial charge in [-0.3, -0.25) is 25.0 Å². The van der Waals surface area contributed by atoms with Crippen molar-refractivity contribution in [3.63, 3.8) is 0 Å². The van der Waals surface area contributed by atoms with Crippen LogP contribution in [0.3, 0.4) is 0 Å². The predicted octanol–water partition coefficient (Wildman–Crippen LogP) is 5.92. The first-order chi connectivity index (χ1) is 19.3. The zero-order valence-corrected chi connectivity index (χ0v) is 21.0. The lowest BCUT2D eigenvalue weighted by atomic mass is 10.1. The van der Waals surface area contributed by atoms with Crippen LogP contribution in [0.4, 0.5) is 0 Å². The number of H-pyrrole nitrogens is 2. The molecule has 0 radical (unpaired) electrons. The first kappa shape index (κ1) is 22.9. The van der Waals surface area contributed by atoms with Crippen molar-refractivity contribution in [2.45, 2.75) is 13.1 Å². The Morgan fingerprint density at radius 3 is 2.44 bits per heavy atom. The Morgan fingerprint density at radius 1 is 0.667 bits per heavy atom. The average molecular weight is 509 g/mol. The van der Waals surface area contributed by atoms with Crippen molar-refractivity contribution < 1.29 is 0 Å². The third-order valence-corrected chi connectivity index (χ3v) is 6.78. The molecule has 0 aliphatic rings. The van der Waals surface area contributed by atoms with Crippen LogP contribution in [0.5, 0.6) is 0 Å². The number of nitrogens with zero attached hydrogens (tertiary/aromatic N) is 5. The van der Waals surface area contributed by atoms with Crippen LogP contribution in [-0.4, -0.2) is 35.1 Å². The first-order valence-electron chi connectivity index (χ1n) is 12.7. The molecule has 0 aliphatic heterocycles. The van der Waals surface area contributed by atoms with Gasteiger partial charge in [0.15, 0.2) is 0 Å². The lowest BCUT2D eigenvalue weighted by molar-refractivity contribution is 0.691. The number of fused-ring (bicyclic) bond motifs is 2. The second-order valence-corrected chi connectivity index (χ2v) is 9.40. The monoisotopic (exact) mass is 508 g/mol. The molecule has 8 nitrogen and oxygen atoms in total. The molecule has 0 saturated heterocycles. The molecule has 3 N–H and O–H groups in total. The van der Waals surface area contributed by atoms with Crippen LogP contribution in [-0.2, 0) is 13.1 Å². The maximum atomic E-state index is 4.69.